The van der Waals surface area contributed by atoms with Gasteiger partial charge in [0.25, 0.3) is 5.91 Å². The number of hydrogen-bond acceptors (Lipinski definition) is 2. The van der Waals surface area contributed by atoms with Gasteiger partial charge in [-0.2, -0.15) is 0 Å². The fraction of sp³-hybridized carbons (Fsp3) is 0.556. The minimum Gasteiger partial charge on any atom is -0.339 e. The second-order valence-corrected chi connectivity index (χ2v) is 6.37. The summed E-state index contributed by atoms with van der Waals surface area (Å²) in [6.45, 7) is 1.65. The van der Waals surface area contributed by atoms with Gasteiger partial charge < -0.3 is 10.2 Å². The molecule has 1 saturated carbocycles. The van der Waals surface area contributed by atoms with Crippen molar-refractivity contribution >= 4 is 17.5 Å². The molecule has 4 heteroatoms. The smallest absolute Gasteiger partial charge is 0.255 e. The predicted molar refractivity (Wildman–Crippen MR) is 86.8 cm³/mol. The lowest BCUT2D eigenvalue weighted by atomic mass is 9.85. The molecule has 0 spiro atoms. The maximum absolute atomic E-state index is 12.8. The average molecular weight is 300 g/mol. The third-order valence-corrected chi connectivity index (χ3v) is 4.78. The van der Waals surface area contributed by atoms with Gasteiger partial charge in [-0.1, -0.05) is 31.4 Å². The van der Waals surface area contributed by atoms with E-state index in [-0.39, 0.29) is 17.7 Å². The van der Waals surface area contributed by atoms with Gasteiger partial charge in [-0.05, 0) is 37.8 Å². The minimum absolute atomic E-state index is 0.0476. The van der Waals surface area contributed by atoms with Crippen LogP contribution < -0.4 is 5.32 Å². The van der Waals surface area contributed by atoms with E-state index in [0.29, 0.717) is 11.3 Å². The Morgan fingerprint density at radius 3 is 2.27 bits per heavy atom. The van der Waals surface area contributed by atoms with E-state index in [1.54, 1.807) is 0 Å². The molecule has 2 amide bonds. The lowest BCUT2D eigenvalue weighted by molar-refractivity contribution is -0.122. The molecule has 4 nitrogen and oxygen atoms in total. The van der Waals surface area contributed by atoms with E-state index in [2.05, 4.69) is 5.32 Å². The van der Waals surface area contributed by atoms with E-state index < -0.39 is 0 Å². The Bertz CT molecular complexity index is 544. The lowest BCUT2D eigenvalue weighted by Crippen LogP contribution is -2.33. The van der Waals surface area contributed by atoms with Crippen molar-refractivity contribution in [3.63, 3.8) is 0 Å². The quantitative estimate of drug-likeness (QED) is 0.929. The van der Waals surface area contributed by atoms with E-state index >= 15 is 0 Å². The molecule has 1 aromatic rings. The van der Waals surface area contributed by atoms with Crippen LogP contribution in [0.1, 0.15) is 55.3 Å². The number of amides is 2. The minimum atomic E-state index is 0.0476. The van der Waals surface area contributed by atoms with Crippen LogP contribution in [0.5, 0.6) is 0 Å². The summed E-state index contributed by atoms with van der Waals surface area (Å²) < 4.78 is 0. The van der Waals surface area contributed by atoms with Gasteiger partial charge in [0.05, 0.1) is 11.3 Å². The molecule has 0 aromatic heterocycles. The highest BCUT2D eigenvalue weighted by atomic mass is 16.2. The van der Waals surface area contributed by atoms with Gasteiger partial charge in [-0.25, -0.2) is 0 Å². The summed E-state index contributed by atoms with van der Waals surface area (Å²) in [6.07, 6.45) is 7.60. The number of rotatable bonds is 3. The van der Waals surface area contributed by atoms with Crippen LogP contribution >= 0.6 is 0 Å². The van der Waals surface area contributed by atoms with Crippen molar-refractivity contribution in [3.05, 3.63) is 29.8 Å². The van der Waals surface area contributed by atoms with Crippen LogP contribution in [-0.4, -0.2) is 29.8 Å². The summed E-state index contributed by atoms with van der Waals surface area (Å²) in [5.41, 5.74) is 1.28. The van der Waals surface area contributed by atoms with E-state index in [4.69, 9.17) is 0 Å². The maximum atomic E-state index is 12.8. The third kappa shape index (κ3) is 3.32. The number of nitrogens with one attached hydrogen (secondary N) is 1. The van der Waals surface area contributed by atoms with Gasteiger partial charge in [0.1, 0.15) is 0 Å². The number of para-hydroxylation sites is 1. The molecule has 1 aliphatic heterocycles. The molecule has 2 aliphatic rings. The van der Waals surface area contributed by atoms with E-state index in [9.17, 15) is 9.59 Å². The first-order valence-electron chi connectivity index (χ1n) is 8.45. The topological polar surface area (TPSA) is 49.4 Å². The van der Waals surface area contributed by atoms with Crippen LogP contribution in [0.2, 0.25) is 0 Å². The predicted octanol–water partition coefficient (Wildman–Crippen LogP) is 3.44. The van der Waals surface area contributed by atoms with Crippen LogP contribution in [0, 0.1) is 5.92 Å². The number of hydrogen-bond donors (Lipinski definition) is 1. The highest BCUT2D eigenvalue weighted by Gasteiger charge is 2.27. The highest BCUT2D eigenvalue weighted by Crippen LogP contribution is 2.28. The maximum Gasteiger partial charge on any atom is 0.255 e. The van der Waals surface area contributed by atoms with Crippen LogP contribution in [0.15, 0.2) is 24.3 Å². The van der Waals surface area contributed by atoms with Crippen LogP contribution in [-0.2, 0) is 4.79 Å². The van der Waals surface area contributed by atoms with E-state index in [0.717, 1.165) is 45.2 Å². The number of benzene rings is 1. The zero-order valence-corrected chi connectivity index (χ0v) is 13.0. The number of carbonyl (C=O) groups is 2. The van der Waals surface area contributed by atoms with Gasteiger partial charge in [0.15, 0.2) is 0 Å². The zero-order valence-electron chi connectivity index (χ0n) is 13.0. The highest BCUT2D eigenvalue weighted by molar-refractivity contribution is 6.04. The summed E-state index contributed by atoms with van der Waals surface area (Å²) in [6, 6.07) is 7.39. The Hall–Kier alpha value is -1.84. The molecular weight excluding hydrogens is 276 g/mol. The van der Waals surface area contributed by atoms with E-state index in [1.165, 1.54) is 12.8 Å². The third-order valence-electron chi connectivity index (χ3n) is 4.78. The van der Waals surface area contributed by atoms with Crippen molar-refractivity contribution in [1.82, 2.24) is 4.90 Å². The van der Waals surface area contributed by atoms with Gasteiger partial charge in [0.2, 0.25) is 5.91 Å². The van der Waals surface area contributed by atoms with Crippen LogP contribution in [0.3, 0.4) is 0 Å². The van der Waals surface area contributed by atoms with Crippen molar-refractivity contribution in [2.75, 3.05) is 18.4 Å². The standard InChI is InChI=1S/C18H24N2O2/c21-17(14-8-7-9-14)19-16-11-4-3-10-15(16)18(22)20-12-5-1-2-6-13-20/h3-4,10-11,14H,1-2,5-9,12-13H2,(H,19,21). The van der Waals surface area contributed by atoms with Crippen LogP contribution in [0.4, 0.5) is 5.69 Å². The second-order valence-electron chi connectivity index (χ2n) is 6.37. The number of anilines is 1. The molecule has 1 saturated heterocycles. The normalized spacial score (nSPS) is 19.2. The van der Waals surface area contributed by atoms with Crippen molar-refractivity contribution in [2.45, 2.75) is 44.9 Å². The first-order valence-corrected chi connectivity index (χ1v) is 8.45. The summed E-state index contributed by atoms with van der Waals surface area (Å²) in [7, 11) is 0. The molecule has 3 rings (SSSR count). The molecular formula is C18H24N2O2. The van der Waals surface area contributed by atoms with Gasteiger partial charge >= 0.3 is 0 Å². The largest absolute Gasteiger partial charge is 0.339 e. The molecule has 0 unspecified atom stereocenters. The van der Waals surface area contributed by atoms with Gasteiger partial charge in [-0.3, -0.25) is 9.59 Å². The Kier molecular flexibility index (Phi) is 4.76. The molecule has 1 N–H and O–H groups in total. The van der Waals surface area contributed by atoms with Crippen LogP contribution in [0.25, 0.3) is 0 Å². The van der Waals surface area contributed by atoms with Crippen molar-refractivity contribution in [3.8, 4) is 0 Å². The molecule has 1 aliphatic carbocycles. The monoisotopic (exact) mass is 300 g/mol. The molecule has 1 heterocycles. The summed E-state index contributed by atoms with van der Waals surface area (Å²) in [5.74, 6) is 0.232. The zero-order chi connectivity index (χ0) is 15.4. The molecule has 0 bridgehead atoms. The molecule has 2 fully saturated rings. The Labute approximate surface area is 131 Å². The Morgan fingerprint density at radius 2 is 1.64 bits per heavy atom. The van der Waals surface area contributed by atoms with E-state index in [1.807, 2.05) is 29.2 Å². The van der Waals surface area contributed by atoms with Crippen molar-refractivity contribution in [2.24, 2.45) is 5.92 Å². The SMILES string of the molecule is O=C(Nc1ccccc1C(=O)N1CCCCCC1)C1CCC1. The van der Waals surface area contributed by atoms with Gasteiger partial charge in [0, 0.05) is 19.0 Å². The number of nitrogens with zero attached hydrogens (tertiary/aromatic N) is 1. The fourth-order valence-electron chi connectivity index (χ4n) is 3.13. The number of carbonyl (C=O) groups excluding carboxylic acids is 2. The molecule has 0 atom stereocenters. The number of likely N-dealkylation sites (tertiary alicyclic amines) is 1. The van der Waals surface area contributed by atoms with Crippen molar-refractivity contribution < 1.29 is 9.59 Å². The molecule has 118 valence electrons. The second kappa shape index (κ2) is 6.95. The fourth-order valence-corrected chi connectivity index (χ4v) is 3.13. The molecule has 1 aromatic carbocycles. The summed E-state index contributed by atoms with van der Waals surface area (Å²) in [5, 5.41) is 2.96. The first kappa shape index (κ1) is 15.1. The van der Waals surface area contributed by atoms with Crippen molar-refractivity contribution in [1.29, 1.82) is 0 Å². The Morgan fingerprint density at radius 1 is 0.955 bits per heavy atom. The van der Waals surface area contributed by atoms with Gasteiger partial charge in [-0.15, -0.1) is 0 Å². The lowest BCUT2D eigenvalue weighted by Gasteiger charge is -2.25. The Balaban J connectivity index is 1.74. The summed E-state index contributed by atoms with van der Waals surface area (Å²) >= 11 is 0. The molecule has 0 radical (unpaired) electrons. The molecule has 22 heavy (non-hydrogen) atoms. The first-order chi connectivity index (χ1) is 10.8. The summed E-state index contributed by atoms with van der Waals surface area (Å²) in [4.78, 5) is 26.9. The average Bonchev–Trinajstić information content (AvgIpc) is 2.74.